The number of alkyl halides is 3. The van der Waals surface area contributed by atoms with Crippen molar-refractivity contribution in [2.75, 3.05) is 37.8 Å². The lowest BCUT2D eigenvalue weighted by molar-refractivity contribution is -0.137. The van der Waals surface area contributed by atoms with Crippen LogP contribution in [0.3, 0.4) is 0 Å². The molecule has 39 heavy (non-hydrogen) atoms. The van der Waals surface area contributed by atoms with E-state index in [1.54, 1.807) is 24.3 Å². The SMILES string of the molecule is CN1CCC(N(C)C(=O)c2ccc(Nc3ncc(C(F)(F)F)c(NC4CCCC4C4CC4)n3)cc2)CC1.NO. The summed E-state index contributed by atoms with van der Waals surface area (Å²) in [7, 11) is 3.93. The molecule has 5 rings (SSSR count). The minimum absolute atomic E-state index is 0.00296. The molecule has 2 atom stereocenters. The number of benzene rings is 1. The van der Waals surface area contributed by atoms with Crippen molar-refractivity contribution in [1.29, 1.82) is 0 Å². The maximum Gasteiger partial charge on any atom is 0.421 e. The number of anilines is 3. The Morgan fingerprint density at radius 3 is 2.36 bits per heavy atom. The fraction of sp³-hybridized carbons (Fsp3) is 0.593. The molecule has 1 saturated heterocycles. The van der Waals surface area contributed by atoms with E-state index >= 15 is 0 Å². The van der Waals surface area contributed by atoms with Crippen molar-refractivity contribution in [1.82, 2.24) is 19.8 Å². The van der Waals surface area contributed by atoms with Crippen LogP contribution in [-0.2, 0) is 6.18 Å². The Hall–Kier alpha value is -2.96. The van der Waals surface area contributed by atoms with Gasteiger partial charge in [-0.05, 0) is 94.8 Å². The van der Waals surface area contributed by atoms with Crippen LogP contribution in [0.25, 0.3) is 0 Å². The number of amides is 1. The van der Waals surface area contributed by atoms with Crippen molar-refractivity contribution in [2.24, 2.45) is 17.7 Å². The zero-order chi connectivity index (χ0) is 28.2. The summed E-state index contributed by atoms with van der Waals surface area (Å²) in [6.07, 6.45) is 3.45. The first-order chi connectivity index (χ1) is 18.7. The van der Waals surface area contributed by atoms with E-state index in [1.807, 2.05) is 11.9 Å². The lowest BCUT2D eigenvalue weighted by Crippen LogP contribution is -2.44. The van der Waals surface area contributed by atoms with E-state index in [2.05, 4.69) is 38.4 Å². The van der Waals surface area contributed by atoms with Gasteiger partial charge in [0.15, 0.2) is 0 Å². The molecular weight excluding hydrogens is 511 g/mol. The third kappa shape index (κ3) is 7.17. The Morgan fingerprint density at radius 2 is 1.74 bits per heavy atom. The Bertz CT molecular complexity index is 1100. The first-order valence-electron chi connectivity index (χ1n) is 13.5. The van der Waals surface area contributed by atoms with Crippen LogP contribution >= 0.6 is 0 Å². The molecule has 5 N–H and O–H groups in total. The number of likely N-dealkylation sites (tertiary alicyclic amines) is 1. The molecule has 1 amide bonds. The molecule has 2 aliphatic carbocycles. The average Bonchev–Trinajstić information content (AvgIpc) is 3.67. The summed E-state index contributed by atoms with van der Waals surface area (Å²) in [5, 5.41) is 12.6. The minimum Gasteiger partial charge on any atom is -0.366 e. The highest BCUT2D eigenvalue weighted by atomic mass is 19.4. The highest BCUT2D eigenvalue weighted by Crippen LogP contribution is 2.46. The van der Waals surface area contributed by atoms with E-state index in [4.69, 9.17) is 5.21 Å². The van der Waals surface area contributed by atoms with Gasteiger partial charge in [0.2, 0.25) is 5.95 Å². The summed E-state index contributed by atoms with van der Waals surface area (Å²) in [4.78, 5) is 25.2. The second kappa shape index (κ2) is 12.5. The van der Waals surface area contributed by atoms with Crippen molar-refractivity contribution >= 4 is 23.4 Å². The lowest BCUT2D eigenvalue weighted by Gasteiger charge is -2.35. The summed E-state index contributed by atoms with van der Waals surface area (Å²) < 4.78 is 41.1. The Kier molecular flexibility index (Phi) is 9.29. The molecule has 3 fully saturated rings. The number of rotatable bonds is 7. The van der Waals surface area contributed by atoms with E-state index in [0.29, 0.717) is 23.1 Å². The Balaban J connectivity index is 0.00000172. The highest BCUT2D eigenvalue weighted by molar-refractivity contribution is 5.94. The molecule has 0 bridgehead atoms. The van der Waals surface area contributed by atoms with Gasteiger partial charge in [0.05, 0.1) is 0 Å². The maximum absolute atomic E-state index is 13.7. The second-order valence-electron chi connectivity index (χ2n) is 10.8. The topological polar surface area (TPSA) is 120 Å². The number of hydrogen-bond acceptors (Lipinski definition) is 8. The zero-order valence-corrected chi connectivity index (χ0v) is 22.4. The van der Waals surface area contributed by atoms with Crippen LogP contribution in [0, 0.1) is 11.8 Å². The molecule has 12 heteroatoms. The molecule has 3 aliphatic rings. The molecule has 2 saturated carbocycles. The van der Waals surface area contributed by atoms with Crippen LogP contribution in [0.4, 0.5) is 30.6 Å². The quantitative estimate of drug-likeness (QED) is 0.366. The Labute approximate surface area is 226 Å². The zero-order valence-electron chi connectivity index (χ0n) is 22.4. The first kappa shape index (κ1) is 29.0. The van der Waals surface area contributed by atoms with Gasteiger partial charge >= 0.3 is 6.18 Å². The molecule has 2 heterocycles. The smallest absolute Gasteiger partial charge is 0.366 e. The number of nitrogens with one attached hydrogen (secondary N) is 2. The van der Waals surface area contributed by atoms with Gasteiger partial charge < -0.3 is 25.6 Å². The van der Waals surface area contributed by atoms with Gasteiger partial charge in [0, 0.05) is 36.6 Å². The predicted octanol–water partition coefficient (Wildman–Crippen LogP) is 4.73. The normalized spacial score (nSPS) is 22.1. The number of hydrogen-bond donors (Lipinski definition) is 4. The van der Waals surface area contributed by atoms with Crippen molar-refractivity contribution in [2.45, 2.75) is 63.2 Å². The molecule has 0 radical (unpaired) electrons. The maximum atomic E-state index is 13.7. The molecule has 0 spiro atoms. The number of nitrogens with two attached hydrogens (primary N) is 1. The molecular formula is C27H38F3N7O2. The summed E-state index contributed by atoms with van der Waals surface area (Å²) in [6.45, 7) is 1.94. The first-order valence-corrected chi connectivity index (χ1v) is 13.5. The number of carbonyl (C=O) groups excluding carboxylic acids is 1. The van der Waals surface area contributed by atoms with Gasteiger partial charge in [0.25, 0.3) is 5.91 Å². The minimum atomic E-state index is -4.55. The Morgan fingerprint density at radius 1 is 1.08 bits per heavy atom. The van der Waals surface area contributed by atoms with E-state index in [0.717, 1.165) is 64.2 Å². The van der Waals surface area contributed by atoms with Crippen LogP contribution in [0.1, 0.15) is 60.9 Å². The standard InChI is InChI=1S/C27H35F3N6O.H3NO/c1-35-14-12-20(13-15-35)36(2)25(37)18-8-10-19(11-9-18)32-26-31-16-22(27(28,29)30)24(34-26)33-23-5-3-4-21(23)17-6-7-17;1-2/h8-11,16-17,20-21,23H,3-7,12-15H2,1-2H3,(H2,31,32,33,34);2H,1H2. The van der Waals surface area contributed by atoms with Gasteiger partial charge in [-0.15, -0.1) is 0 Å². The van der Waals surface area contributed by atoms with Crippen LogP contribution in [-0.4, -0.2) is 70.2 Å². The largest absolute Gasteiger partial charge is 0.421 e. The van der Waals surface area contributed by atoms with Crippen LogP contribution in [0.2, 0.25) is 0 Å². The summed E-state index contributed by atoms with van der Waals surface area (Å²) in [5.41, 5.74) is 0.313. The van der Waals surface area contributed by atoms with Crippen LogP contribution in [0.5, 0.6) is 0 Å². The number of piperidine rings is 1. The van der Waals surface area contributed by atoms with E-state index < -0.39 is 11.7 Å². The van der Waals surface area contributed by atoms with E-state index in [-0.39, 0.29) is 29.8 Å². The average molecular weight is 550 g/mol. The third-order valence-electron chi connectivity index (χ3n) is 8.16. The molecule has 1 aromatic heterocycles. The predicted molar refractivity (Wildman–Crippen MR) is 143 cm³/mol. The summed E-state index contributed by atoms with van der Waals surface area (Å²) in [5.74, 6) is 4.40. The fourth-order valence-electron chi connectivity index (χ4n) is 5.77. The fourth-order valence-corrected chi connectivity index (χ4v) is 5.77. The summed E-state index contributed by atoms with van der Waals surface area (Å²) in [6, 6.07) is 7.11. The monoisotopic (exact) mass is 549 g/mol. The van der Waals surface area contributed by atoms with E-state index in [1.165, 1.54) is 0 Å². The van der Waals surface area contributed by atoms with Crippen LogP contribution in [0.15, 0.2) is 30.5 Å². The number of nitrogens with zero attached hydrogens (tertiary/aromatic N) is 4. The number of carbonyl (C=O) groups is 1. The second-order valence-corrected chi connectivity index (χ2v) is 10.8. The van der Waals surface area contributed by atoms with Gasteiger partial charge in [-0.25, -0.2) is 10.9 Å². The van der Waals surface area contributed by atoms with Crippen LogP contribution < -0.4 is 16.5 Å². The molecule has 1 aromatic carbocycles. The summed E-state index contributed by atoms with van der Waals surface area (Å²) >= 11 is 0. The molecule has 214 valence electrons. The van der Waals surface area contributed by atoms with Gasteiger partial charge in [-0.3, -0.25) is 4.79 Å². The van der Waals surface area contributed by atoms with Crippen molar-refractivity contribution < 1.29 is 23.2 Å². The number of aromatic nitrogens is 2. The molecule has 9 nitrogen and oxygen atoms in total. The molecule has 1 aliphatic heterocycles. The van der Waals surface area contributed by atoms with Gasteiger partial charge in [0.1, 0.15) is 11.4 Å². The lowest BCUT2D eigenvalue weighted by atomic mass is 9.98. The van der Waals surface area contributed by atoms with E-state index in [9.17, 15) is 18.0 Å². The van der Waals surface area contributed by atoms with Gasteiger partial charge in [-0.2, -0.15) is 18.2 Å². The van der Waals surface area contributed by atoms with Crippen molar-refractivity contribution in [3.05, 3.63) is 41.6 Å². The highest BCUT2D eigenvalue weighted by Gasteiger charge is 2.41. The molecule has 2 aromatic rings. The number of halogens is 3. The molecule has 2 unspecified atom stereocenters. The van der Waals surface area contributed by atoms with Crippen molar-refractivity contribution in [3.63, 3.8) is 0 Å². The van der Waals surface area contributed by atoms with Crippen molar-refractivity contribution in [3.8, 4) is 0 Å². The third-order valence-corrected chi connectivity index (χ3v) is 8.16. The van der Waals surface area contributed by atoms with Gasteiger partial charge in [-0.1, -0.05) is 6.42 Å².